The normalized spacial score (nSPS) is 11.0. The Labute approximate surface area is 181 Å². The summed E-state index contributed by atoms with van der Waals surface area (Å²) < 4.78 is 10.7. The second kappa shape index (κ2) is 10.1. The number of carbonyl (C=O) groups is 1. The Morgan fingerprint density at radius 2 is 1.81 bits per heavy atom. The highest BCUT2D eigenvalue weighted by atomic mass is 16.6. The zero-order chi connectivity index (χ0) is 22.4. The van der Waals surface area contributed by atoms with Gasteiger partial charge in [0, 0.05) is 18.1 Å². The number of fused-ring (bicyclic) bond motifs is 1. The van der Waals surface area contributed by atoms with Gasteiger partial charge in [-0.05, 0) is 52.8 Å². The number of nitro groups is 1. The van der Waals surface area contributed by atoms with E-state index in [-0.39, 0.29) is 23.8 Å². The van der Waals surface area contributed by atoms with E-state index in [4.69, 9.17) is 9.47 Å². The number of carbonyl (C=O) groups excluding carboxylic acids is 1. The van der Waals surface area contributed by atoms with E-state index in [0.29, 0.717) is 30.1 Å². The third-order valence-corrected chi connectivity index (χ3v) is 5.17. The summed E-state index contributed by atoms with van der Waals surface area (Å²) in [4.78, 5) is 23.1. The van der Waals surface area contributed by atoms with Crippen LogP contribution in [0, 0.1) is 16.0 Å². The minimum absolute atomic E-state index is 0.0886. The van der Waals surface area contributed by atoms with E-state index in [0.717, 1.165) is 22.8 Å². The van der Waals surface area contributed by atoms with Gasteiger partial charge in [-0.3, -0.25) is 14.9 Å². The Bertz CT molecular complexity index is 1090. The molecule has 6 nitrogen and oxygen atoms in total. The van der Waals surface area contributed by atoms with Crippen LogP contribution in [0.25, 0.3) is 21.9 Å². The predicted molar refractivity (Wildman–Crippen MR) is 121 cm³/mol. The molecule has 6 heteroatoms. The van der Waals surface area contributed by atoms with Gasteiger partial charge in [0.25, 0.3) is 0 Å². The lowest BCUT2D eigenvalue weighted by Crippen LogP contribution is -2.07. The van der Waals surface area contributed by atoms with E-state index < -0.39 is 4.92 Å². The number of ether oxygens (including phenoxy) is 2. The quantitative estimate of drug-likeness (QED) is 0.242. The predicted octanol–water partition coefficient (Wildman–Crippen LogP) is 5.95. The third kappa shape index (κ3) is 5.60. The summed E-state index contributed by atoms with van der Waals surface area (Å²) in [5, 5.41) is 14.0. The summed E-state index contributed by atoms with van der Waals surface area (Å²) in [5.41, 5.74) is 2.09. The first-order chi connectivity index (χ1) is 14.9. The van der Waals surface area contributed by atoms with Crippen LogP contribution in [-0.4, -0.2) is 24.6 Å². The fourth-order valence-electron chi connectivity index (χ4n) is 3.42. The van der Waals surface area contributed by atoms with Crippen molar-refractivity contribution in [1.29, 1.82) is 0 Å². The van der Waals surface area contributed by atoms with E-state index in [1.165, 1.54) is 13.2 Å². The number of methoxy groups -OCH3 is 1. The molecule has 0 saturated carbocycles. The summed E-state index contributed by atoms with van der Waals surface area (Å²) in [5.74, 6) is 0.331. The van der Waals surface area contributed by atoms with Gasteiger partial charge >= 0.3 is 11.7 Å². The maximum Gasteiger partial charge on any atom is 0.311 e. The van der Waals surface area contributed by atoms with Gasteiger partial charge < -0.3 is 9.47 Å². The van der Waals surface area contributed by atoms with E-state index in [2.05, 4.69) is 13.8 Å². The number of rotatable bonds is 9. The molecule has 31 heavy (non-hydrogen) atoms. The highest BCUT2D eigenvalue weighted by Crippen LogP contribution is 2.40. The maximum absolute atomic E-state index is 11.9. The molecule has 3 aromatic rings. The monoisotopic (exact) mass is 421 g/mol. The van der Waals surface area contributed by atoms with Crippen LogP contribution in [0.4, 0.5) is 5.69 Å². The van der Waals surface area contributed by atoms with E-state index in [1.807, 2.05) is 48.5 Å². The van der Waals surface area contributed by atoms with Gasteiger partial charge in [-0.25, -0.2) is 0 Å². The fraction of sp³-hybridized carbons (Fsp3) is 0.320. The smallest absolute Gasteiger partial charge is 0.311 e. The van der Waals surface area contributed by atoms with E-state index in [1.54, 1.807) is 0 Å². The van der Waals surface area contributed by atoms with Crippen LogP contribution in [0.5, 0.6) is 5.75 Å². The summed E-state index contributed by atoms with van der Waals surface area (Å²) in [6.45, 7) is 4.55. The molecule has 0 spiro atoms. The van der Waals surface area contributed by atoms with Crippen molar-refractivity contribution >= 4 is 22.4 Å². The van der Waals surface area contributed by atoms with Crippen LogP contribution in [0.2, 0.25) is 0 Å². The highest BCUT2D eigenvalue weighted by Gasteiger charge is 2.23. The number of aryl methyl sites for hydroxylation is 1. The molecule has 0 aliphatic heterocycles. The zero-order valence-electron chi connectivity index (χ0n) is 18.1. The second-order valence-corrected chi connectivity index (χ2v) is 7.92. The van der Waals surface area contributed by atoms with Gasteiger partial charge in [0.15, 0.2) is 0 Å². The number of nitrogens with zero attached hydrogens (tertiary/aromatic N) is 1. The average molecular weight is 421 g/mol. The van der Waals surface area contributed by atoms with Crippen molar-refractivity contribution in [2.24, 2.45) is 5.92 Å². The first kappa shape index (κ1) is 22.3. The molecule has 0 saturated heterocycles. The lowest BCUT2D eigenvalue weighted by molar-refractivity contribution is -0.385. The summed E-state index contributed by atoms with van der Waals surface area (Å²) in [6, 6.07) is 17.3. The lowest BCUT2D eigenvalue weighted by Gasteiger charge is -2.15. The highest BCUT2D eigenvalue weighted by molar-refractivity contribution is 5.89. The van der Waals surface area contributed by atoms with Crippen LogP contribution in [0.3, 0.4) is 0 Å². The van der Waals surface area contributed by atoms with Crippen molar-refractivity contribution in [3.05, 3.63) is 70.3 Å². The van der Waals surface area contributed by atoms with E-state index >= 15 is 0 Å². The van der Waals surface area contributed by atoms with Gasteiger partial charge in [-0.1, -0.05) is 50.2 Å². The molecule has 0 radical (unpaired) electrons. The molecule has 0 aromatic heterocycles. The summed E-state index contributed by atoms with van der Waals surface area (Å²) >= 11 is 0. The van der Waals surface area contributed by atoms with Crippen LogP contribution in [0.15, 0.2) is 54.6 Å². The lowest BCUT2D eigenvalue weighted by atomic mass is 9.96. The largest absolute Gasteiger partial charge is 0.486 e. The van der Waals surface area contributed by atoms with Crippen molar-refractivity contribution in [1.82, 2.24) is 0 Å². The molecule has 3 aromatic carbocycles. The van der Waals surface area contributed by atoms with Gasteiger partial charge in [-0.15, -0.1) is 0 Å². The number of benzene rings is 3. The summed E-state index contributed by atoms with van der Waals surface area (Å²) in [6.07, 6.45) is 1.29. The molecule has 0 N–H and O–H groups in total. The topological polar surface area (TPSA) is 78.7 Å². The van der Waals surface area contributed by atoms with Crippen LogP contribution >= 0.6 is 0 Å². The molecule has 162 valence electrons. The Balaban J connectivity index is 2.11. The molecule has 0 atom stereocenters. The first-order valence-corrected chi connectivity index (χ1v) is 10.4. The fourth-order valence-corrected chi connectivity index (χ4v) is 3.42. The molecule has 3 rings (SSSR count). The van der Waals surface area contributed by atoms with Crippen molar-refractivity contribution < 1.29 is 19.2 Å². The Morgan fingerprint density at radius 3 is 2.48 bits per heavy atom. The number of nitro benzene ring substituents is 1. The van der Waals surface area contributed by atoms with Crippen LogP contribution < -0.4 is 4.74 Å². The molecular formula is C25H27NO5. The van der Waals surface area contributed by atoms with Crippen molar-refractivity contribution in [2.75, 3.05) is 13.7 Å². The van der Waals surface area contributed by atoms with Crippen LogP contribution in [-0.2, 0) is 16.0 Å². The van der Waals surface area contributed by atoms with Gasteiger partial charge in [0.1, 0.15) is 0 Å². The van der Waals surface area contributed by atoms with Gasteiger partial charge in [0.2, 0.25) is 5.75 Å². The maximum atomic E-state index is 11.9. The molecular weight excluding hydrogens is 394 g/mol. The molecule has 0 heterocycles. The van der Waals surface area contributed by atoms with E-state index in [9.17, 15) is 14.9 Å². The SMILES string of the molecule is COC(=O)CCc1cc(-c2ccc3ccccc3c2)c(OCCC(C)C)c([N+](=O)[O-])c1. The van der Waals surface area contributed by atoms with Crippen molar-refractivity contribution in [3.63, 3.8) is 0 Å². The molecule has 0 fully saturated rings. The molecule has 0 aliphatic rings. The van der Waals surface area contributed by atoms with Gasteiger partial charge in [0.05, 0.1) is 18.6 Å². The third-order valence-electron chi connectivity index (χ3n) is 5.17. The van der Waals surface area contributed by atoms with Gasteiger partial charge in [-0.2, -0.15) is 0 Å². The summed E-state index contributed by atoms with van der Waals surface area (Å²) in [7, 11) is 1.33. The zero-order valence-corrected chi connectivity index (χ0v) is 18.1. The Morgan fingerprint density at radius 1 is 1.06 bits per heavy atom. The Kier molecular flexibility index (Phi) is 7.23. The molecule has 0 unspecified atom stereocenters. The minimum atomic E-state index is -0.420. The average Bonchev–Trinajstić information content (AvgIpc) is 2.76. The molecule has 0 bridgehead atoms. The van der Waals surface area contributed by atoms with Crippen molar-refractivity contribution in [2.45, 2.75) is 33.1 Å². The van der Waals surface area contributed by atoms with Crippen molar-refractivity contribution in [3.8, 4) is 16.9 Å². The Hall–Kier alpha value is -3.41. The number of esters is 1. The second-order valence-electron chi connectivity index (χ2n) is 7.92. The molecule has 0 aliphatic carbocycles. The molecule has 0 amide bonds. The first-order valence-electron chi connectivity index (χ1n) is 10.4. The number of hydrogen-bond donors (Lipinski definition) is 0. The number of hydrogen-bond acceptors (Lipinski definition) is 5. The standard InChI is InChI=1S/C25H27NO5/c1-17(2)12-13-31-25-22(21-10-9-19-6-4-5-7-20(19)16-21)14-18(8-11-24(27)30-3)15-23(25)26(28)29/h4-7,9-10,14-17H,8,11-13H2,1-3H3. The minimum Gasteiger partial charge on any atom is -0.486 e. The van der Waals surface area contributed by atoms with Crippen LogP contribution in [0.1, 0.15) is 32.3 Å².